The van der Waals surface area contributed by atoms with Gasteiger partial charge in [0.05, 0.1) is 0 Å². The molecule has 0 bridgehead atoms. The van der Waals surface area contributed by atoms with E-state index < -0.39 is 0 Å². The third-order valence-corrected chi connectivity index (χ3v) is 3.59. The van der Waals surface area contributed by atoms with Crippen molar-refractivity contribution in [3.63, 3.8) is 0 Å². The summed E-state index contributed by atoms with van der Waals surface area (Å²) < 4.78 is 0. The molecule has 0 atom stereocenters. The summed E-state index contributed by atoms with van der Waals surface area (Å²) in [7, 11) is 4.33. The Kier molecular flexibility index (Phi) is 7.26. The molecule has 0 unspecified atom stereocenters. The Morgan fingerprint density at radius 3 is 1.86 bits per heavy atom. The molecular weight excluding hydrogens is 170 g/mol. The maximum absolute atomic E-state index is 2.36. The van der Waals surface area contributed by atoms with E-state index in [0.29, 0.717) is 5.41 Å². The SMILES string of the molecule is CCCC(CC)(CC)CCCN(C)C. The van der Waals surface area contributed by atoms with E-state index in [0.717, 1.165) is 0 Å². The minimum atomic E-state index is 0.644. The first-order chi connectivity index (χ1) is 6.60. The summed E-state index contributed by atoms with van der Waals surface area (Å²) in [4.78, 5) is 2.29. The maximum atomic E-state index is 2.36. The predicted molar refractivity (Wildman–Crippen MR) is 65.7 cm³/mol. The van der Waals surface area contributed by atoms with Gasteiger partial charge in [0.2, 0.25) is 0 Å². The summed E-state index contributed by atoms with van der Waals surface area (Å²) in [6.07, 6.45) is 8.22. The highest BCUT2D eigenvalue weighted by molar-refractivity contribution is 4.76. The van der Waals surface area contributed by atoms with Gasteiger partial charge in [0, 0.05) is 0 Å². The summed E-state index contributed by atoms with van der Waals surface area (Å²) in [5.74, 6) is 0. The second kappa shape index (κ2) is 7.28. The molecule has 0 N–H and O–H groups in total. The molecule has 86 valence electrons. The molecule has 0 saturated heterocycles. The van der Waals surface area contributed by atoms with Gasteiger partial charge in [0.15, 0.2) is 0 Å². The molecule has 1 nitrogen and oxygen atoms in total. The van der Waals surface area contributed by atoms with Gasteiger partial charge in [-0.05, 0) is 45.3 Å². The van der Waals surface area contributed by atoms with Crippen LogP contribution in [0.4, 0.5) is 0 Å². The van der Waals surface area contributed by atoms with Crippen LogP contribution in [-0.4, -0.2) is 25.5 Å². The summed E-state index contributed by atoms with van der Waals surface area (Å²) in [5.41, 5.74) is 0.644. The molecule has 0 radical (unpaired) electrons. The van der Waals surface area contributed by atoms with Gasteiger partial charge < -0.3 is 4.90 Å². The lowest BCUT2D eigenvalue weighted by Crippen LogP contribution is -2.21. The van der Waals surface area contributed by atoms with E-state index in [-0.39, 0.29) is 0 Å². The van der Waals surface area contributed by atoms with Gasteiger partial charge in [-0.1, -0.05) is 40.0 Å². The van der Waals surface area contributed by atoms with Crippen molar-refractivity contribution in [2.75, 3.05) is 20.6 Å². The van der Waals surface area contributed by atoms with Gasteiger partial charge in [-0.25, -0.2) is 0 Å². The molecule has 0 saturated carbocycles. The summed E-state index contributed by atoms with van der Waals surface area (Å²) in [6.45, 7) is 8.26. The van der Waals surface area contributed by atoms with Crippen molar-refractivity contribution in [2.45, 2.75) is 59.3 Å². The predicted octanol–water partition coefficient (Wildman–Crippen LogP) is 3.93. The van der Waals surface area contributed by atoms with Gasteiger partial charge in [0.1, 0.15) is 0 Å². The van der Waals surface area contributed by atoms with Crippen molar-refractivity contribution in [2.24, 2.45) is 5.41 Å². The molecule has 14 heavy (non-hydrogen) atoms. The fraction of sp³-hybridized carbons (Fsp3) is 1.00. The lowest BCUT2D eigenvalue weighted by molar-refractivity contribution is 0.201. The molecule has 1 heteroatoms. The Morgan fingerprint density at radius 1 is 0.929 bits per heavy atom. The average Bonchev–Trinajstić information content (AvgIpc) is 2.16. The van der Waals surface area contributed by atoms with Crippen molar-refractivity contribution in [3.8, 4) is 0 Å². The van der Waals surface area contributed by atoms with E-state index in [2.05, 4.69) is 39.8 Å². The molecule has 0 aliphatic heterocycles. The first kappa shape index (κ1) is 14.0. The molecule has 0 rings (SSSR count). The Morgan fingerprint density at radius 2 is 1.50 bits per heavy atom. The first-order valence-electron chi connectivity index (χ1n) is 6.25. The number of hydrogen-bond acceptors (Lipinski definition) is 1. The van der Waals surface area contributed by atoms with Crippen LogP contribution in [0, 0.1) is 5.41 Å². The first-order valence-corrected chi connectivity index (χ1v) is 6.25. The molecule has 0 aromatic carbocycles. The molecule has 0 spiro atoms. The Balaban J connectivity index is 3.94. The van der Waals surface area contributed by atoms with Crippen LogP contribution in [0.5, 0.6) is 0 Å². The topological polar surface area (TPSA) is 3.24 Å². The smallest absolute Gasteiger partial charge is 0.00246 e. The monoisotopic (exact) mass is 199 g/mol. The highest BCUT2D eigenvalue weighted by Gasteiger charge is 2.24. The van der Waals surface area contributed by atoms with E-state index in [1.165, 1.54) is 45.1 Å². The van der Waals surface area contributed by atoms with Gasteiger partial charge in [-0.3, -0.25) is 0 Å². The summed E-state index contributed by atoms with van der Waals surface area (Å²) >= 11 is 0. The highest BCUT2D eigenvalue weighted by atomic mass is 15.0. The third kappa shape index (κ3) is 4.99. The normalized spacial score (nSPS) is 12.4. The third-order valence-electron chi connectivity index (χ3n) is 3.59. The Hall–Kier alpha value is -0.0400. The maximum Gasteiger partial charge on any atom is -0.00246 e. The van der Waals surface area contributed by atoms with Crippen LogP contribution >= 0.6 is 0 Å². The lowest BCUT2D eigenvalue weighted by Gasteiger charge is -2.32. The van der Waals surface area contributed by atoms with Crippen LogP contribution in [0.25, 0.3) is 0 Å². The van der Waals surface area contributed by atoms with Crippen LogP contribution < -0.4 is 0 Å². The van der Waals surface area contributed by atoms with E-state index in [1.807, 2.05) is 0 Å². The van der Waals surface area contributed by atoms with Gasteiger partial charge in [-0.2, -0.15) is 0 Å². The van der Waals surface area contributed by atoms with E-state index in [4.69, 9.17) is 0 Å². The summed E-state index contributed by atoms with van der Waals surface area (Å²) in [6, 6.07) is 0. The molecule has 0 aromatic rings. The molecule has 0 aromatic heterocycles. The standard InChI is InChI=1S/C13H29N/c1-6-10-13(7-2,8-3)11-9-12-14(4)5/h6-12H2,1-5H3. The second-order valence-corrected chi connectivity index (χ2v) is 4.86. The van der Waals surface area contributed by atoms with Gasteiger partial charge in [0.25, 0.3) is 0 Å². The minimum Gasteiger partial charge on any atom is -0.309 e. The fourth-order valence-corrected chi connectivity index (χ4v) is 2.38. The largest absolute Gasteiger partial charge is 0.309 e. The van der Waals surface area contributed by atoms with E-state index >= 15 is 0 Å². The molecule has 0 heterocycles. The van der Waals surface area contributed by atoms with Crippen LogP contribution in [0.15, 0.2) is 0 Å². The van der Waals surface area contributed by atoms with Crippen LogP contribution in [0.3, 0.4) is 0 Å². The Labute approximate surface area is 90.9 Å². The van der Waals surface area contributed by atoms with Crippen molar-refractivity contribution < 1.29 is 0 Å². The lowest BCUT2D eigenvalue weighted by atomic mass is 9.75. The molecular formula is C13H29N. The van der Waals surface area contributed by atoms with Gasteiger partial charge >= 0.3 is 0 Å². The Bertz CT molecular complexity index is 125. The number of rotatable bonds is 8. The molecule has 0 aliphatic carbocycles. The van der Waals surface area contributed by atoms with Crippen molar-refractivity contribution >= 4 is 0 Å². The fourth-order valence-electron chi connectivity index (χ4n) is 2.38. The van der Waals surface area contributed by atoms with Crippen molar-refractivity contribution in [1.82, 2.24) is 4.90 Å². The van der Waals surface area contributed by atoms with E-state index in [1.54, 1.807) is 0 Å². The molecule has 0 aliphatic rings. The van der Waals surface area contributed by atoms with Crippen LogP contribution in [0.2, 0.25) is 0 Å². The number of nitrogens with zero attached hydrogens (tertiary/aromatic N) is 1. The second-order valence-electron chi connectivity index (χ2n) is 4.86. The average molecular weight is 199 g/mol. The van der Waals surface area contributed by atoms with E-state index in [9.17, 15) is 0 Å². The van der Waals surface area contributed by atoms with Crippen LogP contribution in [0.1, 0.15) is 59.3 Å². The number of hydrogen-bond donors (Lipinski definition) is 0. The van der Waals surface area contributed by atoms with Crippen LogP contribution in [-0.2, 0) is 0 Å². The quantitative estimate of drug-likeness (QED) is 0.572. The van der Waals surface area contributed by atoms with Crippen molar-refractivity contribution in [1.29, 1.82) is 0 Å². The molecule has 0 fully saturated rings. The van der Waals surface area contributed by atoms with Crippen molar-refractivity contribution in [3.05, 3.63) is 0 Å². The summed E-state index contributed by atoms with van der Waals surface area (Å²) in [5, 5.41) is 0. The highest BCUT2D eigenvalue weighted by Crippen LogP contribution is 2.36. The zero-order valence-corrected chi connectivity index (χ0v) is 10.9. The minimum absolute atomic E-state index is 0.644. The zero-order valence-electron chi connectivity index (χ0n) is 10.9. The zero-order chi connectivity index (χ0) is 11.0. The molecule has 0 amide bonds. The van der Waals surface area contributed by atoms with Gasteiger partial charge in [-0.15, -0.1) is 0 Å².